The lowest BCUT2D eigenvalue weighted by molar-refractivity contribution is -0.118. The van der Waals surface area contributed by atoms with Crippen molar-refractivity contribution in [3.05, 3.63) is 34.3 Å². The summed E-state index contributed by atoms with van der Waals surface area (Å²) >= 11 is 3.45. The number of nitrogens with two attached hydrogens (primary N) is 1. The molecule has 1 heterocycles. The Morgan fingerprint density at radius 1 is 1.35 bits per heavy atom. The highest BCUT2D eigenvalue weighted by Gasteiger charge is 2.38. The van der Waals surface area contributed by atoms with Gasteiger partial charge in [-0.2, -0.15) is 0 Å². The fourth-order valence-corrected chi connectivity index (χ4v) is 2.46. The number of benzene rings is 1. The van der Waals surface area contributed by atoms with Gasteiger partial charge in [0.1, 0.15) is 0 Å². The molecular formula is C13H19BrN2O. The van der Waals surface area contributed by atoms with Gasteiger partial charge in [0, 0.05) is 29.5 Å². The average Bonchev–Trinajstić information content (AvgIpc) is 2.27. The maximum Gasteiger partial charge on any atom is 0.0569 e. The lowest BCUT2D eigenvalue weighted by Crippen LogP contribution is -2.54. The standard InChI is InChI=1S/C13H19BrN2O/c1-16(8-13(7-15)9-17-10-13)6-11-2-4-12(14)5-3-11/h2-5H,6-10,15H2,1H3. The summed E-state index contributed by atoms with van der Waals surface area (Å²) in [5, 5.41) is 0. The van der Waals surface area contributed by atoms with Gasteiger partial charge in [0.25, 0.3) is 0 Å². The summed E-state index contributed by atoms with van der Waals surface area (Å²) in [6, 6.07) is 8.45. The molecule has 1 aromatic rings. The van der Waals surface area contributed by atoms with Gasteiger partial charge in [-0.3, -0.25) is 0 Å². The molecule has 1 fully saturated rings. The Morgan fingerprint density at radius 2 is 2.00 bits per heavy atom. The normalized spacial score (nSPS) is 18.1. The molecule has 0 aliphatic carbocycles. The highest BCUT2D eigenvalue weighted by atomic mass is 79.9. The second-order valence-corrected chi connectivity index (χ2v) is 5.91. The fourth-order valence-electron chi connectivity index (χ4n) is 2.19. The molecule has 0 radical (unpaired) electrons. The van der Waals surface area contributed by atoms with Gasteiger partial charge in [0.05, 0.1) is 13.2 Å². The van der Waals surface area contributed by atoms with E-state index in [1.54, 1.807) is 0 Å². The lowest BCUT2D eigenvalue weighted by atomic mass is 9.85. The Balaban J connectivity index is 1.88. The van der Waals surface area contributed by atoms with Gasteiger partial charge >= 0.3 is 0 Å². The zero-order valence-electron chi connectivity index (χ0n) is 10.2. The van der Waals surface area contributed by atoms with Crippen LogP contribution in [0, 0.1) is 5.41 Å². The molecule has 17 heavy (non-hydrogen) atoms. The molecule has 0 bridgehead atoms. The molecule has 0 saturated carbocycles. The van der Waals surface area contributed by atoms with Crippen LogP contribution in [0.4, 0.5) is 0 Å². The number of ether oxygens (including phenoxy) is 1. The maximum absolute atomic E-state index is 5.82. The van der Waals surface area contributed by atoms with E-state index in [1.165, 1.54) is 5.56 Å². The van der Waals surface area contributed by atoms with Crippen LogP contribution in [-0.4, -0.2) is 38.3 Å². The van der Waals surface area contributed by atoms with Crippen LogP contribution in [0.3, 0.4) is 0 Å². The van der Waals surface area contributed by atoms with Gasteiger partial charge < -0.3 is 15.4 Å². The van der Waals surface area contributed by atoms with E-state index < -0.39 is 0 Å². The van der Waals surface area contributed by atoms with Crippen molar-refractivity contribution in [3.8, 4) is 0 Å². The van der Waals surface area contributed by atoms with Crippen LogP contribution in [0.25, 0.3) is 0 Å². The second kappa shape index (κ2) is 5.48. The van der Waals surface area contributed by atoms with Crippen LogP contribution in [0.15, 0.2) is 28.7 Å². The van der Waals surface area contributed by atoms with Crippen LogP contribution in [0.5, 0.6) is 0 Å². The van der Waals surface area contributed by atoms with E-state index in [1.807, 2.05) is 0 Å². The van der Waals surface area contributed by atoms with E-state index in [9.17, 15) is 0 Å². The van der Waals surface area contributed by atoms with Crippen molar-refractivity contribution in [3.63, 3.8) is 0 Å². The van der Waals surface area contributed by atoms with Gasteiger partial charge in [0.15, 0.2) is 0 Å². The summed E-state index contributed by atoms with van der Waals surface area (Å²) in [7, 11) is 2.14. The molecule has 0 unspecified atom stereocenters. The molecule has 0 aromatic heterocycles. The molecule has 2 N–H and O–H groups in total. The number of rotatable bonds is 5. The summed E-state index contributed by atoms with van der Waals surface area (Å²) in [4.78, 5) is 2.32. The van der Waals surface area contributed by atoms with Crippen molar-refractivity contribution in [2.45, 2.75) is 6.54 Å². The van der Waals surface area contributed by atoms with Crippen molar-refractivity contribution in [2.75, 3.05) is 33.4 Å². The number of hydrogen-bond acceptors (Lipinski definition) is 3. The highest BCUT2D eigenvalue weighted by molar-refractivity contribution is 9.10. The SMILES string of the molecule is CN(Cc1ccc(Br)cc1)CC1(CN)COC1. The van der Waals surface area contributed by atoms with Crippen molar-refractivity contribution in [1.82, 2.24) is 4.90 Å². The molecule has 1 saturated heterocycles. The van der Waals surface area contributed by atoms with Crippen molar-refractivity contribution >= 4 is 15.9 Å². The second-order valence-electron chi connectivity index (χ2n) is 5.00. The van der Waals surface area contributed by atoms with E-state index >= 15 is 0 Å². The van der Waals surface area contributed by atoms with Crippen molar-refractivity contribution in [2.24, 2.45) is 11.1 Å². The average molecular weight is 299 g/mol. The molecule has 1 aromatic carbocycles. The quantitative estimate of drug-likeness (QED) is 0.902. The Hall–Kier alpha value is -0.420. The number of nitrogens with zero attached hydrogens (tertiary/aromatic N) is 1. The maximum atomic E-state index is 5.82. The molecule has 4 heteroatoms. The first-order valence-electron chi connectivity index (χ1n) is 5.84. The third kappa shape index (κ3) is 3.28. The van der Waals surface area contributed by atoms with Gasteiger partial charge in [-0.1, -0.05) is 28.1 Å². The van der Waals surface area contributed by atoms with E-state index in [4.69, 9.17) is 10.5 Å². The smallest absolute Gasteiger partial charge is 0.0569 e. The minimum atomic E-state index is 0.185. The van der Waals surface area contributed by atoms with E-state index in [0.29, 0.717) is 6.54 Å². The summed E-state index contributed by atoms with van der Waals surface area (Å²) < 4.78 is 6.40. The van der Waals surface area contributed by atoms with Crippen LogP contribution in [0.1, 0.15) is 5.56 Å². The first-order chi connectivity index (χ1) is 8.13. The predicted molar refractivity (Wildman–Crippen MR) is 72.8 cm³/mol. The minimum absolute atomic E-state index is 0.185. The molecule has 1 aliphatic heterocycles. The minimum Gasteiger partial charge on any atom is -0.380 e. The van der Waals surface area contributed by atoms with Crippen LogP contribution >= 0.6 is 15.9 Å². The molecule has 0 atom stereocenters. The molecule has 0 spiro atoms. The summed E-state index contributed by atoms with van der Waals surface area (Å²) in [6.45, 7) is 4.26. The summed E-state index contributed by atoms with van der Waals surface area (Å²) in [5.74, 6) is 0. The molecular weight excluding hydrogens is 280 g/mol. The van der Waals surface area contributed by atoms with E-state index in [-0.39, 0.29) is 5.41 Å². The molecule has 94 valence electrons. The van der Waals surface area contributed by atoms with Crippen LogP contribution in [0.2, 0.25) is 0 Å². The van der Waals surface area contributed by atoms with E-state index in [0.717, 1.165) is 30.8 Å². The molecule has 0 amide bonds. The highest BCUT2D eigenvalue weighted by Crippen LogP contribution is 2.27. The van der Waals surface area contributed by atoms with Gasteiger partial charge in [-0.15, -0.1) is 0 Å². The number of halogens is 1. The van der Waals surface area contributed by atoms with Gasteiger partial charge in [-0.25, -0.2) is 0 Å². The fraction of sp³-hybridized carbons (Fsp3) is 0.538. The topological polar surface area (TPSA) is 38.5 Å². The zero-order chi connectivity index (χ0) is 12.3. The van der Waals surface area contributed by atoms with Gasteiger partial charge in [-0.05, 0) is 24.7 Å². The molecule has 1 aliphatic rings. The first kappa shape index (κ1) is 13.0. The van der Waals surface area contributed by atoms with Crippen LogP contribution < -0.4 is 5.73 Å². The Kier molecular flexibility index (Phi) is 4.20. The summed E-state index contributed by atoms with van der Waals surface area (Å²) in [5.41, 5.74) is 7.32. The largest absolute Gasteiger partial charge is 0.380 e. The lowest BCUT2D eigenvalue weighted by Gasteiger charge is -2.43. The third-order valence-electron chi connectivity index (χ3n) is 3.22. The zero-order valence-corrected chi connectivity index (χ0v) is 11.7. The van der Waals surface area contributed by atoms with Crippen molar-refractivity contribution in [1.29, 1.82) is 0 Å². The first-order valence-corrected chi connectivity index (χ1v) is 6.64. The number of hydrogen-bond donors (Lipinski definition) is 1. The summed E-state index contributed by atoms with van der Waals surface area (Å²) in [6.07, 6.45) is 0. The van der Waals surface area contributed by atoms with Gasteiger partial charge in [0.2, 0.25) is 0 Å². The molecule has 2 rings (SSSR count). The molecule has 3 nitrogen and oxygen atoms in total. The third-order valence-corrected chi connectivity index (χ3v) is 3.75. The Labute approximate surface area is 111 Å². The Morgan fingerprint density at radius 3 is 2.47 bits per heavy atom. The monoisotopic (exact) mass is 298 g/mol. The Bertz CT molecular complexity index is 357. The van der Waals surface area contributed by atoms with Crippen molar-refractivity contribution < 1.29 is 4.74 Å². The van der Waals surface area contributed by atoms with E-state index in [2.05, 4.69) is 52.1 Å². The van der Waals surface area contributed by atoms with Crippen LogP contribution in [-0.2, 0) is 11.3 Å². The predicted octanol–water partition coefficient (Wildman–Crippen LogP) is 1.86.